The lowest BCUT2D eigenvalue weighted by Gasteiger charge is -2.11. The van der Waals surface area contributed by atoms with Crippen LogP contribution >= 0.6 is 23.4 Å². The average molecular weight is 409 g/mol. The first-order valence-electron chi connectivity index (χ1n) is 8.74. The van der Waals surface area contributed by atoms with Crippen LogP contribution in [0.2, 0.25) is 5.02 Å². The molecule has 4 rings (SSSR count). The summed E-state index contributed by atoms with van der Waals surface area (Å²) in [6.45, 7) is 1.95. The fourth-order valence-electron chi connectivity index (χ4n) is 2.83. The van der Waals surface area contributed by atoms with E-state index in [-0.39, 0.29) is 5.91 Å². The number of oxazole rings is 1. The van der Waals surface area contributed by atoms with Crippen molar-refractivity contribution < 1.29 is 9.21 Å². The maximum absolute atomic E-state index is 12.8. The molecule has 4 nitrogen and oxygen atoms in total. The molecular weight excluding hydrogens is 392 g/mol. The minimum Gasteiger partial charge on any atom is -0.431 e. The van der Waals surface area contributed by atoms with Crippen LogP contribution in [0.15, 0.2) is 76.4 Å². The van der Waals surface area contributed by atoms with Crippen molar-refractivity contribution in [2.45, 2.75) is 17.9 Å². The third-order valence-electron chi connectivity index (χ3n) is 4.26. The Bertz CT molecular complexity index is 1120. The van der Waals surface area contributed by atoms with Crippen LogP contribution < -0.4 is 5.32 Å². The van der Waals surface area contributed by atoms with Crippen molar-refractivity contribution in [1.82, 2.24) is 4.98 Å². The van der Waals surface area contributed by atoms with E-state index in [1.54, 1.807) is 6.07 Å². The van der Waals surface area contributed by atoms with Crippen LogP contribution in [0.5, 0.6) is 0 Å². The number of nitrogens with zero attached hydrogens (tertiary/aromatic N) is 1. The van der Waals surface area contributed by atoms with Crippen LogP contribution in [0.3, 0.4) is 0 Å². The highest BCUT2D eigenvalue weighted by Gasteiger charge is 2.14. The molecule has 1 N–H and O–H groups in total. The van der Waals surface area contributed by atoms with Crippen molar-refractivity contribution >= 4 is 46.1 Å². The molecule has 0 radical (unpaired) electrons. The molecule has 0 aliphatic heterocycles. The maximum Gasteiger partial charge on any atom is 0.257 e. The van der Waals surface area contributed by atoms with Gasteiger partial charge in [0.1, 0.15) is 5.52 Å². The molecule has 0 fully saturated rings. The van der Waals surface area contributed by atoms with Gasteiger partial charge in [-0.05, 0) is 48.4 Å². The summed E-state index contributed by atoms with van der Waals surface area (Å²) in [7, 11) is 0. The molecule has 0 unspecified atom stereocenters. The van der Waals surface area contributed by atoms with E-state index in [4.69, 9.17) is 16.0 Å². The largest absolute Gasteiger partial charge is 0.431 e. The van der Waals surface area contributed by atoms with Gasteiger partial charge in [0.25, 0.3) is 11.1 Å². The summed E-state index contributed by atoms with van der Waals surface area (Å²) in [6.07, 6.45) is 0. The number of fused-ring (bicyclic) bond motifs is 1. The van der Waals surface area contributed by atoms with E-state index in [0.717, 1.165) is 22.2 Å². The number of aromatic nitrogens is 1. The second-order valence-electron chi connectivity index (χ2n) is 6.33. The van der Waals surface area contributed by atoms with Crippen molar-refractivity contribution in [3.63, 3.8) is 0 Å². The minimum atomic E-state index is -0.195. The van der Waals surface area contributed by atoms with E-state index in [1.807, 2.05) is 67.6 Å². The molecular formula is C22H17ClN2O2S. The van der Waals surface area contributed by atoms with Crippen LogP contribution in [-0.4, -0.2) is 10.9 Å². The van der Waals surface area contributed by atoms with E-state index >= 15 is 0 Å². The first-order valence-corrected chi connectivity index (χ1v) is 10.1. The smallest absolute Gasteiger partial charge is 0.257 e. The van der Waals surface area contributed by atoms with Gasteiger partial charge in [0, 0.05) is 11.3 Å². The van der Waals surface area contributed by atoms with Crippen LogP contribution in [0.1, 0.15) is 21.5 Å². The Kier molecular flexibility index (Phi) is 5.37. The Hall–Kier alpha value is -2.76. The molecule has 1 amide bonds. The topological polar surface area (TPSA) is 55.1 Å². The normalized spacial score (nSPS) is 10.9. The Morgan fingerprint density at radius 2 is 1.89 bits per heavy atom. The van der Waals surface area contributed by atoms with E-state index in [0.29, 0.717) is 27.2 Å². The fourth-order valence-corrected chi connectivity index (χ4v) is 3.96. The van der Waals surface area contributed by atoms with Crippen LogP contribution in [0.4, 0.5) is 5.69 Å². The Morgan fingerprint density at radius 3 is 2.71 bits per heavy atom. The molecule has 1 heterocycles. The van der Waals surface area contributed by atoms with Gasteiger partial charge in [-0.2, -0.15) is 0 Å². The Balaban J connectivity index is 1.52. The quantitative estimate of drug-likeness (QED) is 0.392. The summed E-state index contributed by atoms with van der Waals surface area (Å²) < 4.78 is 5.75. The average Bonchev–Trinajstić information content (AvgIpc) is 3.12. The third kappa shape index (κ3) is 4.06. The van der Waals surface area contributed by atoms with Crippen molar-refractivity contribution in [2.75, 3.05) is 5.32 Å². The molecule has 140 valence electrons. The zero-order valence-corrected chi connectivity index (χ0v) is 16.7. The summed E-state index contributed by atoms with van der Waals surface area (Å²) in [5.74, 6) is 0.373. The van der Waals surface area contributed by atoms with Crippen molar-refractivity contribution in [3.05, 3.63) is 88.4 Å². The number of hydrogen-bond donors (Lipinski definition) is 1. The zero-order valence-electron chi connectivity index (χ0n) is 15.1. The van der Waals surface area contributed by atoms with Crippen LogP contribution in [0.25, 0.3) is 11.1 Å². The number of thioether (sulfide) groups is 1. The Morgan fingerprint density at radius 1 is 1.11 bits per heavy atom. The molecule has 4 aromatic rings. The fraction of sp³-hybridized carbons (Fsp3) is 0.0909. The van der Waals surface area contributed by atoms with E-state index in [1.165, 1.54) is 11.8 Å². The van der Waals surface area contributed by atoms with Crippen molar-refractivity contribution in [3.8, 4) is 0 Å². The number of aryl methyl sites for hydroxylation is 1. The number of benzene rings is 3. The molecule has 0 aliphatic carbocycles. The summed E-state index contributed by atoms with van der Waals surface area (Å²) in [5, 5.41) is 4.00. The lowest BCUT2D eigenvalue weighted by molar-refractivity contribution is 0.102. The summed E-state index contributed by atoms with van der Waals surface area (Å²) in [4.78, 5) is 17.3. The number of amides is 1. The molecule has 3 aromatic carbocycles. The summed E-state index contributed by atoms with van der Waals surface area (Å²) in [5.41, 5.74) is 4.71. The monoisotopic (exact) mass is 408 g/mol. The van der Waals surface area contributed by atoms with Crippen LogP contribution in [-0.2, 0) is 5.75 Å². The van der Waals surface area contributed by atoms with Gasteiger partial charge in [-0.3, -0.25) is 4.79 Å². The molecule has 28 heavy (non-hydrogen) atoms. The Labute approximate surface area is 171 Å². The highest BCUT2D eigenvalue weighted by atomic mass is 35.5. The van der Waals surface area contributed by atoms with Gasteiger partial charge in [0.05, 0.1) is 10.7 Å². The molecule has 0 spiro atoms. The lowest BCUT2D eigenvalue weighted by Crippen LogP contribution is -2.14. The highest BCUT2D eigenvalue weighted by Crippen LogP contribution is 2.28. The number of para-hydroxylation sites is 2. The lowest BCUT2D eigenvalue weighted by atomic mass is 10.1. The van der Waals surface area contributed by atoms with Crippen molar-refractivity contribution in [1.29, 1.82) is 0 Å². The predicted octanol–water partition coefficient (Wildman–Crippen LogP) is 6.33. The molecule has 6 heteroatoms. The molecule has 0 saturated heterocycles. The predicted molar refractivity (Wildman–Crippen MR) is 114 cm³/mol. The standard InChI is InChI=1S/C22H17ClN2O2S/c1-14-10-11-18(17(23)12-14)24-21(26)16-7-3-2-6-15(16)13-28-22-25-19-8-4-5-9-20(19)27-22/h2-12H,13H2,1H3,(H,24,26). The molecule has 0 bridgehead atoms. The second-order valence-corrected chi connectivity index (χ2v) is 7.66. The molecule has 0 aliphatic rings. The number of carbonyl (C=O) groups excluding carboxylic acids is 1. The number of halogens is 1. The zero-order chi connectivity index (χ0) is 19.5. The minimum absolute atomic E-state index is 0.195. The first kappa shape index (κ1) is 18.6. The molecule has 0 atom stereocenters. The number of hydrogen-bond acceptors (Lipinski definition) is 4. The maximum atomic E-state index is 12.8. The number of rotatable bonds is 5. The second kappa shape index (κ2) is 8.09. The third-order valence-corrected chi connectivity index (χ3v) is 5.45. The highest BCUT2D eigenvalue weighted by molar-refractivity contribution is 7.98. The van der Waals surface area contributed by atoms with E-state index < -0.39 is 0 Å². The molecule has 1 aromatic heterocycles. The van der Waals surface area contributed by atoms with Gasteiger partial charge in [-0.1, -0.05) is 59.8 Å². The van der Waals surface area contributed by atoms with Gasteiger partial charge in [-0.25, -0.2) is 4.98 Å². The SMILES string of the molecule is Cc1ccc(NC(=O)c2ccccc2CSc2nc3ccccc3o2)c(Cl)c1. The van der Waals surface area contributed by atoms with Gasteiger partial charge < -0.3 is 9.73 Å². The van der Waals surface area contributed by atoms with Crippen molar-refractivity contribution in [2.24, 2.45) is 0 Å². The summed E-state index contributed by atoms with van der Waals surface area (Å²) in [6, 6.07) is 20.7. The van der Waals surface area contributed by atoms with Gasteiger partial charge >= 0.3 is 0 Å². The number of nitrogens with one attached hydrogen (secondary N) is 1. The van der Waals surface area contributed by atoms with E-state index in [9.17, 15) is 4.79 Å². The van der Waals surface area contributed by atoms with E-state index in [2.05, 4.69) is 10.3 Å². The van der Waals surface area contributed by atoms with Gasteiger partial charge in [0.2, 0.25) is 0 Å². The van der Waals surface area contributed by atoms with Gasteiger partial charge in [0.15, 0.2) is 5.58 Å². The number of carbonyl (C=O) groups is 1. The van der Waals surface area contributed by atoms with Crippen LogP contribution in [0, 0.1) is 6.92 Å². The number of anilines is 1. The summed E-state index contributed by atoms with van der Waals surface area (Å²) >= 11 is 7.70. The molecule has 0 saturated carbocycles. The first-order chi connectivity index (χ1) is 13.6. The van der Waals surface area contributed by atoms with Gasteiger partial charge in [-0.15, -0.1) is 0 Å².